The molecule has 0 unspecified atom stereocenters. The van der Waals surface area contributed by atoms with Crippen LogP contribution in [0.2, 0.25) is 0 Å². The van der Waals surface area contributed by atoms with Gasteiger partial charge in [-0.1, -0.05) is 49.2 Å². The summed E-state index contributed by atoms with van der Waals surface area (Å²) < 4.78 is 0. The van der Waals surface area contributed by atoms with Crippen LogP contribution in [0.3, 0.4) is 0 Å². The number of carbonyl (C=O) groups excluding carboxylic acids is 3. The molecule has 128 valence electrons. The summed E-state index contributed by atoms with van der Waals surface area (Å²) in [5, 5.41) is 4.81. The second kappa shape index (κ2) is 5.99. The summed E-state index contributed by atoms with van der Waals surface area (Å²) in [6.07, 6.45) is 3.75. The Morgan fingerprint density at radius 3 is 2.56 bits per heavy atom. The lowest BCUT2D eigenvalue weighted by Gasteiger charge is -2.20. The van der Waals surface area contributed by atoms with E-state index >= 15 is 0 Å². The largest absolute Gasteiger partial charge is 0.324 e. The summed E-state index contributed by atoms with van der Waals surface area (Å²) in [7, 11) is 0. The van der Waals surface area contributed by atoms with Crippen molar-refractivity contribution in [1.82, 2.24) is 4.90 Å². The first-order valence-electron chi connectivity index (χ1n) is 8.71. The third kappa shape index (κ3) is 2.69. The van der Waals surface area contributed by atoms with Crippen molar-refractivity contribution in [3.05, 3.63) is 42.5 Å². The van der Waals surface area contributed by atoms with Crippen molar-refractivity contribution in [1.29, 1.82) is 0 Å². The predicted molar refractivity (Wildman–Crippen MR) is 94.8 cm³/mol. The zero-order valence-electron chi connectivity index (χ0n) is 14.0. The molecule has 2 aliphatic rings. The van der Waals surface area contributed by atoms with Crippen molar-refractivity contribution >= 4 is 34.2 Å². The van der Waals surface area contributed by atoms with Crippen LogP contribution in [0.1, 0.15) is 32.1 Å². The second-order valence-corrected chi connectivity index (χ2v) is 7.02. The number of hydrogen-bond acceptors (Lipinski definition) is 3. The van der Waals surface area contributed by atoms with Gasteiger partial charge >= 0.3 is 0 Å². The van der Waals surface area contributed by atoms with E-state index in [9.17, 15) is 14.4 Å². The number of nitrogens with zero attached hydrogens (tertiary/aromatic N) is 1. The number of likely N-dealkylation sites (tertiary alicyclic amines) is 1. The minimum atomic E-state index is -0.531. The normalized spacial score (nSPS) is 19.1. The molecule has 2 aromatic rings. The Hall–Kier alpha value is -2.69. The van der Waals surface area contributed by atoms with Crippen molar-refractivity contribution in [2.45, 2.75) is 32.1 Å². The van der Waals surface area contributed by atoms with Gasteiger partial charge in [-0.15, -0.1) is 0 Å². The van der Waals surface area contributed by atoms with Gasteiger partial charge in [-0.25, -0.2) is 0 Å². The van der Waals surface area contributed by atoms with Crippen LogP contribution in [-0.4, -0.2) is 29.2 Å². The topological polar surface area (TPSA) is 66.5 Å². The molecule has 0 aromatic heterocycles. The van der Waals surface area contributed by atoms with Crippen LogP contribution in [-0.2, 0) is 14.4 Å². The average Bonchev–Trinajstić information content (AvgIpc) is 3.16. The molecule has 1 saturated heterocycles. The van der Waals surface area contributed by atoms with E-state index in [0.717, 1.165) is 41.4 Å². The Balaban J connectivity index is 1.51. The lowest BCUT2D eigenvalue weighted by Crippen LogP contribution is -2.39. The number of fused-ring (bicyclic) bond motifs is 1. The molecule has 2 fully saturated rings. The number of imide groups is 1. The van der Waals surface area contributed by atoms with Crippen LogP contribution in [0.15, 0.2) is 42.5 Å². The third-order valence-electron chi connectivity index (χ3n) is 5.42. The number of rotatable bonds is 3. The molecule has 25 heavy (non-hydrogen) atoms. The van der Waals surface area contributed by atoms with E-state index in [1.807, 2.05) is 42.5 Å². The molecule has 0 radical (unpaired) electrons. The minimum absolute atomic E-state index is 0.164. The van der Waals surface area contributed by atoms with Crippen LogP contribution in [0.25, 0.3) is 10.8 Å². The van der Waals surface area contributed by atoms with Gasteiger partial charge in [-0.2, -0.15) is 0 Å². The summed E-state index contributed by atoms with van der Waals surface area (Å²) >= 11 is 0. The Morgan fingerprint density at radius 1 is 1.04 bits per heavy atom. The molecule has 1 aliphatic carbocycles. The van der Waals surface area contributed by atoms with Gasteiger partial charge < -0.3 is 5.32 Å². The Morgan fingerprint density at radius 2 is 1.76 bits per heavy atom. The number of hydrogen-bond donors (Lipinski definition) is 1. The van der Waals surface area contributed by atoms with Gasteiger partial charge in [0.1, 0.15) is 6.54 Å². The van der Waals surface area contributed by atoms with Crippen LogP contribution in [0.4, 0.5) is 5.69 Å². The van der Waals surface area contributed by atoms with Crippen molar-refractivity contribution in [3.8, 4) is 0 Å². The fraction of sp³-hybridized carbons (Fsp3) is 0.350. The van der Waals surface area contributed by atoms with E-state index in [1.54, 1.807) is 0 Å². The van der Waals surface area contributed by atoms with E-state index in [-0.39, 0.29) is 30.7 Å². The van der Waals surface area contributed by atoms with Crippen LogP contribution in [0, 0.1) is 5.41 Å². The zero-order chi connectivity index (χ0) is 17.4. The first-order valence-corrected chi connectivity index (χ1v) is 8.71. The third-order valence-corrected chi connectivity index (χ3v) is 5.42. The molecule has 5 heteroatoms. The second-order valence-electron chi connectivity index (χ2n) is 7.02. The fourth-order valence-electron chi connectivity index (χ4n) is 4.13. The highest BCUT2D eigenvalue weighted by atomic mass is 16.2. The fourth-order valence-corrected chi connectivity index (χ4v) is 4.13. The van der Waals surface area contributed by atoms with Gasteiger partial charge in [-0.3, -0.25) is 19.3 Å². The SMILES string of the molecule is O=C(CN1C(=O)CC2(CCCC2)C1=O)Nc1cccc2ccccc12. The van der Waals surface area contributed by atoms with Gasteiger partial charge in [0.15, 0.2) is 0 Å². The number of amides is 3. The maximum Gasteiger partial charge on any atom is 0.244 e. The van der Waals surface area contributed by atoms with Crippen molar-refractivity contribution < 1.29 is 14.4 Å². The van der Waals surface area contributed by atoms with Gasteiger partial charge in [0.2, 0.25) is 17.7 Å². The maximum atomic E-state index is 12.7. The summed E-state index contributed by atoms with van der Waals surface area (Å²) in [6, 6.07) is 13.4. The molecule has 1 aliphatic heterocycles. The van der Waals surface area contributed by atoms with Crippen molar-refractivity contribution in [3.63, 3.8) is 0 Å². The summed E-state index contributed by atoms with van der Waals surface area (Å²) in [4.78, 5) is 38.5. The molecule has 1 N–H and O–H groups in total. The molecule has 5 nitrogen and oxygen atoms in total. The van der Waals surface area contributed by atoms with E-state index in [0.29, 0.717) is 5.69 Å². The molecular formula is C20H20N2O3. The highest BCUT2D eigenvalue weighted by Crippen LogP contribution is 2.46. The van der Waals surface area contributed by atoms with E-state index in [2.05, 4.69) is 5.32 Å². The highest BCUT2D eigenvalue weighted by Gasteiger charge is 2.52. The smallest absolute Gasteiger partial charge is 0.244 e. The Kier molecular flexibility index (Phi) is 3.79. The molecule has 3 amide bonds. The summed E-state index contributed by atoms with van der Waals surface area (Å²) in [5.74, 6) is -0.726. The monoisotopic (exact) mass is 336 g/mol. The quantitative estimate of drug-likeness (QED) is 0.876. The maximum absolute atomic E-state index is 12.7. The predicted octanol–water partition coefficient (Wildman–Crippen LogP) is 3.10. The molecule has 1 spiro atoms. The lowest BCUT2D eigenvalue weighted by molar-refractivity contribution is -0.143. The molecule has 1 heterocycles. The molecular weight excluding hydrogens is 316 g/mol. The van der Waals surface area contributed by atoms with Gasteiger partial charge in [0.25, 0.3) is 0 Å². The van der Waals surface area contributed by atoms with E-state index in [1.165, 1.54) is 0 Å². The molecule has 4 rings (SSSR count). The summed E-state index contributed by atoms with van der Waals surface area (Å²) in [6.45, 7) is -0.206. The molecule has 1 saturated carbocycles. The summed E-state index contributed by atoms with van der Waals surface area (Å²) in [5.41, 5.74) is 0.161. The molecule has 0 bridgehead atoms. The van der Waals surface area contributed by atoms with Gasteiger partial charge in [0.05, 0.1) is 5.41 Å². The molecule has 2 aromatic carbocycles. The van der Waals surface area contributed by atoms with E-state index < -0.39 is 5.41 Å². The number of nitrogens with one attached hydrogen (secondary N) is 1. The Bertz CT molecular complexity index is 863. The molecule has 0 atom stereocenters. The minimum Gasteiger partial charge on any atom is -0.324 e. The number of benzene rings is 2. The standard InChI is InChI=1S/C20H20N2O3/c23-17(21-16-9-5-7-14-6-1-2-8-15(14)16)13-22-18(24)12-20(19(22)25)10-3-4-11-20/h1-2,5-9H,3-4,10-13H2,(H,21,23). The van der Waals surface area contributed by atoms with Crippen LogP contribution in [0.5, 0.6) is 0 Å². The highest BCUT2D eigenvalue weighted by molar-refractivity contribution is 6.10. The zero-order valence-corrected chi connectivity index (χ0v) is 14.0. The average molecular weight is 336 g/mol. The van der Waals surface area contributed by atoms with Crippen molar-refractivity contribution in [2.75, 3.05) is 11.9 Å². The van der Waals surface area contributed by atoms with Gasteiger partial charge in [-0.05, 0) is 24.3 Å². The number of carbonyl (C=O) groups is 3. The van der Waals surface area contributed by atoms with E-state index in [4.69, 9.17) is 0 Å². The Labute approximate surface area is 146 Å². The van der Waals surface area contributed by atoms with Crippen molar-refractivity contribution in [2.24, 2.45) is 5.41 Å². The number of anilines is 1. The van der Waals surface area contributed by atoms with Crippen LogP contribution >= 0.6 is 0 Å². The first kappa shape index (κ1) is 15.8. The lowest BCUT2D eigenvalue weighted by atomic mass is 9.84. The van der Waals surface area contributed by atoms with Crippen LogP contribution < -0.4 is 5.32 Å². The van der Waals surface area contributed by atoms with Gasteiger partial charge in [0, 0.05) is 17.5 Å². The first-order chi connectivity index (χ1) is 12.1.